The number of hydrogen-bond acceptors (Lipinski definition) is 6. The summed E-state index contributed by atoms with van der Waals surface area (Å²) in [5.74, 6) is -0.348. The third-order valence-electron chi connectivity index (χ3n) is 2.44. The van der Waals surface area contributed by atoms with E-state index in [9.17, 15) is 4.79 Å². The van der Waals surface area contributed by atoms with Gasteiger partial charge >= 0.3 is 5.97 Å². The van der Waals surface area contributed by atoms with E-state index in [1.807, 2.05) is 24.4 Å². The summed E-state index contributed by atoms with van der Waals surface area (Å²) in [6.45, 7) is 4.04. The summed E-state index contributed by atoms with van der Waals surface area (Å²) in [7, 11) is 0. The number of anilines is 1. The largest absolute Gasteiger partial charge is 0.462 e. The van der Waals surface area contributed by atoms with Crippen molar-refractivity contribution in [2.75, 3.05) is 12.0 Å². The maximum atomic E-state index is 11.8. The third kappa shape index (κ3) is 3.64. The number of benzene rings is 1. The Morgan fingerprint density at radius 3 is 3.00 bits per heavy atom. The van der Waals surface area contributed by atoms with E-state index in [-0.39, 0.29) is 5.97 Å². The van der Waals surface area contributed by atoms with E-state index in [0.717, 1.165) is 5.69 Å². The molecule has 2 rings (SSSR count). The average molecular weight is 289 g/mol. The minimum atomic E-state index is -0.348. The molecule has 0 spiro atoms. The maximum Gasteiger partial charge on any atom is 0.338 e. The smallest absolute Gasteiger partial charge is 0.338 e. The standard InChI is InChI=1S/C14H15N3O2S/c1-3-19-13(18)12-7-5-4-6-11(12)8-15-17-14-16-10(2)9-20-14/h4-9H,3H2,1-2H3,(H,16,17). The molecule has 0 radical (unpaired) electrons. The lowest BCUT2D eigenvalue weighted by atomic mass is 10.1. The molecule has 0 aliphatic carbocycles. The molecule has 0 aliphatic heterocycles. The predicted molar refractivity (Wildman–Crippen MR) is 80.5 cm³/mol. The van der Waals surface area contributed by atoms with E-state index in [1.54, 1.807) is 25.3 Å². The Labute approximate surface area is 121 Å². The fourth-order valence-corrected chi connectivity index (χ4v) is 2.20. The van der Waals surface area contributed by atoms with Crippen molar-refractivity contribution >= 4 is 28.7 Å². The van der Waals surface area contributed by atoms with Gasteiger partial charge in [0.15, 0.2) is 0 Å². The van der Waals surface area contributed by atoms with Crippen molar-refractivity contribution in [3.63, 3.8) is 0 Å². The van der Waals surface area contributed by atoms with Crippen LogP contribution < -0.4 is 5.43 Å². The molecule has 0 bridgehead atoms. The highest BCUT2D eigenvalue weighted by molar-refractivity contribution is 7.13. The molecule has 1 N–H and O–H groups in total. The Morgan fingerprint density at radius 2 is 2.30 bits per heavy atom. The van der Waals surface area contributed by atoms with Crippen molar-refractivity contribution in [1.29, 1.82) is 0 Å². The highest BCUT2D eigenvalue weighted by Crippen LogP contribution is 2.14. The van der Waals surface area contributed by atoms with Gasteiger partial charge < -0.3 is 4.74 Å². The molecule has 0 fully saturated rings. The van der Waals surface area contributed by atoms with E-state index in [2.05, 4.69) is 15.5 Å². The van der Waals surface area contributed by atoms with Crippen LogP contribution in [0, 0.1) is 6.92 Å². The summed E-state index contributed by atoms with van der Waals surface area (Å²) in [6, 6.07) is 7.16. The zero-order valence-corrected chi connectivity index (χ0v) is 12.1. The molecule has 20 heavy (non-hydrogen) atoms. The molecule has 0 saturated heterocycles. The van der Waals surface area contributed by atoms with Gasteiger partial charge in [0, 0.05) is 10.9 Å². The number of aromatic nitrogens is 1. The fourth-order valence-electron chi connectivity index (χ4n) is 1.57. The molecule has 1 aromatic heterocycles. The van der Waals surface area contributed by atoms with Crippen molar-refractivity contribution in [3.8, 4) is 0 Å². The van der Waals surface area contributed by atoms with Gasteiger partial charge in [-0.15, -0.1) is 11.3 Å². The first-order valence-corrected chi connectivity index (χ1v) is 7.06. The Morgan fingerprint density at radius 1 is 1.50 bits per heavy atom. The van der Waals surface area contributed by atoms with Crippen LogP contribution >= 0.6 is 11.3 Å². The van der Waals surface area contributed by atoms with Gasteiger partial charge in [-0.1, -0.05) is 18.2 Å². The summed E-state index contributed by atoms with van der Waals surface area (Å²) in [4.78, 5) is 16.0. The number of hydrazone groups is 1. The lowest BCUT2D eigenvalue weighted by molar-refractivity contribution is 0.0526. The van der Waals surface area contributed by atoms with Crippen molar-refractivity contribution in [2.24, 2.45) is 5.10 Å². The van der Waals surface area contributed by atoms with Crippen molar-refractivity contribution in [1.82, 2.24) is 4.98 Å². The minimum absolute atomic E-state index is 0.348. The highest BCUT2D eigenvalue weighted by Gasteiger charge is 2.09. The van der Waals surface area contributed by atoms with Crippen LogP contribution in [0.25, 0.3) is 0 Å². The first-order valence-electron chi connectivity index (χ1n) is 6.18. The second-order valence-corrected chi connectivity index (χ2v) is 4.83. The monoisotopic (exact) mass is 289 g/mol. The van der Waals surface area contributed by atoms with Gasteiger partial charge in [-0.2, -0.15) is 5.10 Å². The SMILES string of the molecule is CCOC(=O)c1ccccc1C=NNc1nc(C)cs1. The Kier molecular flexibility index (Phi) is 4.84. The minimum Gasteiger partial charge on any atom is -0.462 e. The van der Waals surface area contributed by atoms with E-state index in [4.69, 9.17) is 4.74 Å². The number of aryl methyl sites for hydroxylation is 1. The molecule has 104 valence electrons. The van der Waals surface area contributed by atoms with Crippen LogP contribution in [0.2, 0.25) is 0 Å². The van der Waals surface area contributed by atoms with Crippen LogP contribution in [-0.2, 0) is 4.74 Å². The van der Waals surface area contributed by atoms with Crippen LogP contribution in [0.15, 0.2) is 34.7 Å². The Hall–Kier alpha value is -2.21. The van der Waals surface area contributed by atoms with Gasteiger partial charge in [0.05, 0.1) is 24.1 Å². The van der Waals surface area contributed by atoms with Gasteiger partial charge in [0.25, 0.3) is 0 Å². The van der Waals surface area contributed by atoms with Crippen molar-refractivity contribution < 1.29 is 9.53 Å². The molecule has 1 aromatic carbocycles. The van der Waals surface area contributed by atoms with Crippen molar-refractivity contribution in [3.05, 3.63) is 46.5 Å². The van der Waals surface area contributed by atoms with Crippen LogP contribution in [-0.4, -0.2) is 23.8 Å². The lowest BCUT2D eigenvalue weighted by Gasteiger charge is -2.04. The lowest BCUT2D eigenvalue weighted by Crippen LogP contribution is -2.08. The zero-order valence-electron chi connectivity index (χ0n) is 11.3. The van der Waals surface area contributed by atoms with E-state index in [0.29, 0.717) is 22.9 Å². The number of rotatable bonds is 5. The number of thiazole rings is 1. The second kappa shape index (κ2) is 6.81. The normalized spacial score (nSPS) is 10.7. The van der Waals surface area contributed by atoms with Crippen molar-refractivity contribution in [2.45, 2.75) is 13.8 Å². The summed E-state index contributed by atoms with van der Waals surface area (Å²) in [5.41, 5.74) is 4.98. The fraction of sp³-hybridized carbons (Fsp3) is 0.214. The molecule has 0 aliphatic rings. The first-order chi connectivity index (χ1) is 9.70. The molecular formula is C14H15N3O2S. The number of nitrogens with zero attached hydrogens (tertiary/aromatic N) is 2. The summed E-state index contributed by atoms with van der Waals surface area (Å²) in [6.07, 6.45) is 1.59. The number of ether oxygens (including phenoxy) is 1. The van der Waals surface area contributed by atoms with Crippen LogP contribution in [0.1, 0.15) is 28.5 Å². The summed E-state index contributed by atoms with van der Waals surface area (Å²) < 4.78 is 5.01. The Balaban J connectivity index is 2.10. The summed E-state index contributed by atoms with van der Waals surface area (Å²) >= 11 is 1.48. The topological polar surface area (TPSA) is 63.6 Å². The van der Waals surface area contributed by atoms with Crippen LogP contribution in [0.4, 0.5) is 5.13 Å². The van der Waals surface area contributed by atoms with Crippen LogP contribution in [0.5, 0.6) is 0 Å². The van der Waals surface area contributed by atoms with Gasteiger partial charge in [0.1, 0.15) is 0 Å². The second-order valence-electron chi connectivity index (χ2n) is 3.97. The molecule has 5 nitrogen and oxygen atoms in total. The zero-order chi connectivity index (χ0) is 14.4. The summed E-state index contributed by atoms with van der Waals surface area (Å²) in [5, 5.41) is 6.74. The molecule has 6 heteroatoms. The maximum absolute atomic E-state index is 11.8. The third-order valence-corrected chi connectivity index (χ3v) is 3.30. The van der Waals surface area contributed by atoms with E-state index >= 15 is 0 Å². The molecule has 0 unspecified atom stereocenters. The molecule has 0 atom stereocenters. The van der Waals surface area contributed by atoms with E-state index in [1.165, 1.54) is 11.3 Å². The molecule has 0 saturated carbocycles. The van der Waals surface area contributed by atoms with Gasteiger partial charge in [-0.3, -0.25) is 5.43 Å². The number of hydrogen-bond donors (Lipinski definition) is 1. The van der Waals surface area contributed by atoms with Crippen LogP contribution in [0.3, 0.4) is 0 Å². The Bertz CT molecular complexity index is 622. The quantitative estimate of drug-likeness (QED) is 0.522. The average Bonchev–Trinajstić information content (AvgIpc) is 2.85. The molecule has 0 amide bonds. The van der Waals surface area contributed by atoms with Gasteiger partial charge in [-0.25, -0.2) is 9.78 Å². The number of esters is 1. The van der Waals surface area contributed by atoms with Gasteiger partial charge in [-0.05, 0) is 19.9 Å². The predicted octanol–water partition coefficient (Wildman–Crippen LogP) is 3.07. The number of nitrogens with one attached hydrogen (secondary N) is 1. The number of carbonyl (C=O) groups is 1. The van der Waals surface area contributed by atoms with E-state index < -0.39 is 0 Å². The number of carbonyl (C=O) groups excluding carboxylic acids is 1. The first kappa shape index (κ1) is 14.2. The molecular weight excluding hydrogens is 274 g/mol. The highest BCUT2D eigenvalue weighted by atomic mass is 32.1. The van der Waals surface area contributed by atoms with Gasteiger partial charge in [0.2, 0.25) is 5.13 Å². The molecule has 1 heterocycles. The molecule has 2 aromatic rings.